The SMILES string of the molecule is C=C[C@H](I)C(NC(=O)[C@@H]1C[C@@H]2CN1C(=O)[C@H](C1CCCC1)NC(=O)O[C@H]1CCC[C@@H]1CCCCCc1nc3ccccc3nc1O2)C(=O)NS(=O)(=O)C1CC1. The van der Waals surface area contributed by atoms with Crippen LogP contribution in [0.2, 0.25) is 0 Å². The number of nitrogens with zero attached hydrogens (tertiary/aromatic N) is 3. The Labute approximate surface area is 335 Å². The second kappa shape index (κ2) is 17.3. The highest BCUT2D eigenvalue weighted by Gasteiger charge is 2.47. The molecule has 55 heavy (non-hydrogen) atoms. The predicted octanol–water partition coefficient (Wildman–Crippen LogP) is 4.63. The highest BCUT2D eigenvalue weighted by atomic mass is 127. The Hall–Kier alpha value is -3.54. The molecule has 4 fully saturated rings. The van der Waals surface area contributed by atoms with E-state index < -0.39 is 67.2 Å². The maximum Gasteiger partial charge on any atom is 0.408 e. The van der Waals surface area contributed by atoms with Gasteiger partial charge < -0.3 is 25.0 Å². The summed E-state index contributed by atoms with van der Waals surface area (Å²) in [6, 6.07) is 4.23. The van der Waals surface area contributed by atoms with Crippen molar-refractivity contribution in [3.63, 3.8) is 0 Å². The molecule has 0 radical (unpaired) electrons. The lowest BCUT2D eigenvalue weighted by Crippen LogP contribution is -2.59. The van der Waals surface area contributed by atoms with Crippen LogP contribution < -0.4 is 20.1 Å². The van der Waals surface area contributed by atoms with Crippen LogP contribution in [0, 0.1) is 11.8 Å². The number of ether oxygens (including phenoxy) is 2. The maximum absolute atomic E-state index is 14.8. The maximum atomic E-state index is 14.8. The third-order valence-electron chi connectivity index (χ3n) is 11.8. The third-order valence-corrected chi connectivity index (χ3v) is 14.9. The number of aryl methyl sites for hydroxylation is 1. The van der Waals surface area contributed by atoms with Gasteiger partial charge in [0.25, 0.3) is 5.91 Å². The average molecular weight is 891 g/mol. The zero-order chi connectivity index (χ0) is 38.7. The number of halogens is 1. The largest absolute Gasteiger partial charge is 0.471 e. The van der Waals surface area contributed by atoms with Gasteiger partial charge in [-0.25, -0.2) is 23.2 Å². The Balaban J connectivity index is 1.21. The van der Waals surface area contributed by atoms with Gasteiger partial charge in [0.2, 0.25) is 27.7 Å². The minimum atomic E-state index is -3.90. The summed E-state index contributed by atoms with van der Waals surface area (Å²) >= 11 is 1.93. The van der Waals surface area contributed by atoms with Crippen LogP contribution in [-0.2, 0) is 35.6 Å². The number of rotatable bonds is 8. The number of para-hydroxylation sites is 2. The third kappa shape index (κ3) is 9.37. The van der Waals surface area contributed by atoms with Crippen LogP contribution >= 0.6 is 22.6 Å². The quantitative estimate of drug-likeness (QED) is 0.192. The van der Waals surface area contributed by atoms with E-state index in [1.165, 1.54) is 11.0 Å². The van der Waals surface area contributed by atoms with Gasteiger partial charge in [0.15, 0.2) is 0 Å². The summed E-state index contributed by atoms with van der Waals surface area (Å²) in [7, 11) is -3.90. The molecule has 2 bridgehead atoms. The first-order valence-electron chi connectivity index (χ1n) is 19.8. The van der Waals surface area contributed by atoms with Crippen LogP contribution in [0.4, 0.5) is 4.79 Å². The molecule has 298 valence electrons. The number of benzene rings is 1. The molecule has 3 heterocycles. The number of sulfonamides is 1. The van der Waals surface area contributed by atoms with Crippen molar-refractivity contribution in [2.45, 2.75) is 136 Å². The first-order chi connectivity index (χ1) is 26.5. The molecule has 1 aromatic carbocycles. The zero-order valence-electron chi connectivity index (χ0n) is 31.0. The molecule has 3 N–H and O–H groups in total. The standard InChI is InChI=1S/C39H51IN6O8S/c1-2-27(40)34(36(48)45-55(51,52)26-19-20-26)43-35(47)31-21-25-22-46(31)38(49)33(24-12-6-7-13-24)44-39(50)54-32-18-10-14-23(32)11-4-3-5-17-30-37(53-25)42-29-16-9-8-15-28(29)41-30/h2,8-9,15-16,23-27,31-34H,1,3-7,10-14,17-22H2,(H,43,47)(H,44,50)(H,45,48)/t23-,25+,27-,31-,32-,33-,34?/m0/s1. The molecule has 7 rings (SSSR count). The number of nitrogens with one attached hydrogen (secondary N) is 3. The van der Waals surface area contributed by atoms with Crippen LogP contribution in [0.3, 0.4) is 0 Å². The first-order valence-corrected chi connectivity index (χ1v) is 22.6. The summed E-state index contributed by atoms with van der Waals surface area (Å²) in [5.41, 5.74) is 2.11. The number of alkyl carbamates (subject to hydrolysis) is 1. The minimum Gasteiger partial charge on any atom is -0.471 e. The van der Waals surface area contributed by atoms with E-state index in [0.717, 1.165) is 76.1 Å². The second-order valence-electron chi connectivity index (χ2n) is 15.7. The summed E-state index contributed by atoms with van der Waals surface area (Å²) < 4.78 is 39.5. The Morgan fingerprint density at radius 1 is 0.927 bits per heavy atom. The van der Waals surface area contributed by atoms with Gasteiger partial charge >= 0.3 is 6.09 Å². The highest BCUT2D eigenvalue weighted by molar-refractivity contribution is 14.1. The molecular formula is C39H51IN6O8S. The molecule has 2 aromatic rings. The van der Waals surface area contributed by atoms with E-state index in [1.807, 2.05) is 46.9 Å². The molecule has 2 aliphatic heterocycles. The smallest absolute Gasteiger partial charge is 0.408 e. The van der Waals surface area contributed by atoms with E-state index >= 15 is 0 Å². The molecule has 16 heteroatoms. The number of carbonyl (C=O) groups excluding carboxylic acids is 4. The molecule has 7 atom stereocenters. The summed E-state index contributed by atoms with van der Waals surface area (Å²) in [6.45, 7) is 3.78. The number of carbonyl (C=O) groups is 4. The molecule has 14 nitrogen and oxygen atoms in total. The minimum absolute atomic E-state index is 0.0115. The number of fused-ring (bicyclic) bond motifs is 5. The van der Waals surface area contributed by atoms with Gasteiger partial charge in [-0.2, -0.15) is 0 Å². The Bertz CT molecular complexity index is 1890. The highest BCUT2D eigenvalue weighted by Crippen LogP contribution is 2.35. The molecule has 1 saturated heterocycles. The van der Waals surface area contributed by atoms with Gasteiger partial charge in [0.1, 0.15) is 36.0 Å². The van der Waals surface area contributed by atoms with Crippen LogP contribution in [0.1, 0.15) is 95.6 Å². The lowest BCUT2D eigenvalue weighted by Gasteiger charge is -2.32. The van der Waals surface area contributed by atoms with E-state index in [-0.39, 0.29) is 30.9 Å². The molecule has 3 saturated carbocycles. The summed E-state index contributed by atoms with van der Waals surface area (Å²) in [5.74, 6) is -1.52. The van der Waals surface area contributed by atoms with Crippen molar-refractivity contribution in [1.29, 1.82) is 0 Å². The lowest BCUT2D eigenvalue weighted by molar-refractivity contribution is -0.141. The number of alkyl halides is 1. The average Bonchev–Trinajstić information content (AvgIpc) is 3.51. The van der Waals surface area contributed by atoms with Crippen molar-refractivity contribution in [2.24, 2.45) is 11.8 Å². The van der Waals surface area contributed by atoms with E-state index in [4.69, 9.17) is 19.4 Å². The van der Waals surface area contributed by atoms with E-state index in [1.54, 1.807) is 0 Å². The van der Waals surface area contributed by atoms with E-state index in [9.17, 15) is 27.6 Å². The summed E-state index contributed by atoms with van der Waals surface area (Å²) in [5, 5.41) is 5.05. The molecule has 5 aliphatic rings. The molecule has 1 unspecified atom stereocenters. The molecule has 1 aromatic heterocycles. The second-order valence-corrected chi connectivity index (χ2v) is 19.1. The normalized spacial score (nSPS) is 28.0. The van der Waals surface area contributed by atoms with Crippen molar-refractivity contribution in [3.05, 3.63) is 42.6 Å². The van der Waals surface area contributed by atoms with Crippen molar-refractivity contribution >= 4 is 67.5 Å². The molecular weight excluding hydrogens is 839 g/mol. The fourth-order valence-electron chi connectivity index (χ4n) is 8.66. The lowest BCUT2D eigenvalue weighted by atomic mass is 9.96. The van der Waals surface area contributed by atoms with Gasteiger partial charge in [0.05, 0.1) is 26.8 Å². The van der Waals surface area contributed by atoms with Crippen LogP contribution in [0.5, 0.6) is 5.88 Å². The number of hydrogen-bond acceptors (Lipinski definition) is 10. The van der Waals surface area contributed by atoms with Crippen LogP contribution in [0.25, 0.3) is 11.0 Å². The van der Waals surface area contributed by atoms with Gasteiger partial charge in [-0.05, 0) is 88.2 Å². The molecule has 0 spiro atoms. The topological polar surface area (TPSA) is 186 Å². The van der Waals surface area contributed by atoms with E-state index in [0.29, 0.717) is 36.4 Å². The predicted molar refractivity (Wildman–Crippen MR) is 213 cm³/mol. The summed E-state index contributed by atoms with van der Waals surface area (Å²) in [6.07, 6.45) is 11.3. The van der Waals surface area contributed by atoms with Gasteiger partial charge in [-0.3, -0.25) is 19.1 Å². The monoisotopic (exact) mass is 890 g/mol. The van der Waals surface area contributed by atoms with Crippen molar-refractivity contribution in [3.8, 4) is 5.88 Å². The van der Waals surface area contributed by atoms with Gasteiger partial charge in [0, 0.05) is 6.42 Å². The summed E-state index contributed by atoms with van der Waals surface area (Å²) in [4.78, 5) is 67.4. The van der Waals surface area contributed by atoms with Gasteiger partial charge in [-0.1, -0.05) is 66.5 Å². The number of aromatic nitrogens is 2. The number of hydrogen-bond donors (Lipinski definition) is 3. The Kier molecular flexibility index (Phi) is 12.5. The molecule has 3 aliphatic carbocycles. The Morgan fingerprint density at radius 2 is 1.62 bits per heavy atom. The van der Waals surface area contributed by atoms with Crippen LogP contribution in [-0.4, -0.2) is 93.2 Å². The number of amides is 4. The van der Waals surface area contributed by atoms with Crippen molar-refractivity contribution in [1.82, 2.24) is 30.2 Å². The van der Waals surface area contributed by atoms with Crippen molar-refractivity contribution < 1.29 is 37.1 Å². The first kappa shape index (κ1) is 39.7. The fourth-order valence-corrected chi connectivity index (χ4v) is 10.5. The zero-order valence-corrected chi connectivity index (χ0v) is 34.0. The van der Waals surface area contributed by atoms with Gasteiger partial charge in [-0.15, -0.1) is 6.58 Å². The fraction of sp³-hybridized carbons (Fsp3) is 0.641. The Morgan fingerprint density at radius 3 is 2.35 bits per heavy atom. The van der Waals surface area contributed by atoms with Crippen molar-refractivity contribution in [2.75, 3.05) is 6.54 Å². The van der Waals surface area contributed by atoms with E-state index in [2.05, 4.69) is 21.9 Å². The van der Waals surface area contributed by atoms with Crippen LogP contribution in [0.15, 0.2) is 36.9 Å². The molecule has 4 amide bonds.